The Balaban J connectivity index is 1.75. The van der Waals surface area contributed by atoms with Crippen LogP contribution in [-0.4, -0.2) is 17.0 Å². The fourth-order valence-electron chi connectivity index (χ4n) is 2.99. The van der Waals surface area contributed by atoms with Crippen molar-refractivity contribution < 1.29 is 41.7 Å². The van der Waals surface area contributed by atoms with Crippen molar-refractivity contribution in [3.8, 4) is 11.5 Å². The molecule has 0 aliphatic heterocycles. The summed E-state index contributed by atoms with van der Waals surface area (Å²) < 4.78 is 65.0. The summed E-state index contributed by atoms with van der Waals surface area (Å²) in [7, 11) is 0. The van der Waals surface area contributed by atoms with Crippen molar-refractivity contribution >= 4 is 18.0 Å². The molecule has 0 amide bonds. The molecule has 9 heteroatoms. The molecule has 0 heterocycles. The van der Waals surface area contributed by atoms with Gasteiger partial charge in [-0.25, -0.2) is 22.4 Å². The van der Waals surface area contributed by atoms with Crippen molar-refractivity contribution in [2.24, 2.45) is 0 Å². The maximum Gasteiger partial charge on any atom is 0.328 e. The standard InChI is InChI=1S/C25H18F4O5/c26-17-3-1-2-16(10-17)14-33-23-11-15(5-8-24(30)31)4-7-22(23)34-25(32)9-6-19-20(28)12-18(27)13-21(19)29/h1-5,7-8,10-13H,6,9,14H2,(H,30,31)/b8-5+. The van der Waals surface area contributed by atoms with Gasteiger partial charge < -0.3 is 14.6 Å². The summed E-state index contributed by atoms with van der Waals surface area (Å²) in [4.78, 5) is 23.1. The number of aliphatic carboxylic acids is 1. The maximum absolute atomic E-state index is 13.8. The normalized spacial score (nSPS) is 10.9. The molecule has 0 saturated carbocycles. The van der Waals surface area contributed by atoms with Crippen LogP contribution in [-0.2, 0) is 22.6 Å². The molecule has 1 N–H and O–H groups in total. The zero-order valence-electron chi connectivity index (χ0n) is 17.6. The van der Waals surface area contributed by atoms with Gasteiger partial charge in [-0.3, -0.25) is 4.79 Å². The van der Waals surface area contributed by atoms with E-state index in [-0.39, 0.29) is 24.5 Å². The second kappa shape index (κ2) is 11.1. The van der Waals surface area contributed by atoms with Crippen LogP contribution in [0.2, 0.25) is 0 Å². The molecule has 0 atom stereocenters. The summed E-state index contributed by atoms with van der Waals surface area (Å²) in [6, 6.07) is 10.9. The highest BCUT2D eigenvalue weighted by molar-refractivity contribution is 5.85. The van der Waals surface area contributed by atoms with Crippen molar-refractivity contribution in [1.29, 1.82) is 0 Å². The van der Waals surface area contributed by atoms with Crippen molar-refractivity contribution in [3.63, 3.8) is 0 Å². The molecule has 0 aliphatic carbocycles. The van der Waals surface area contributed by atoms with Gasteiger partial charge in [0.25, 0.3) is 0 Å². The van der Waals surface area contributed by atoms with E-state index in [9.17, 15) is 27.2 Å². The van der Waals surface area contributed by atoms with Crippen LogP contribution in [0.15, 0.2) is 60.7 Å². The lowest BCUT2D eigenvalue weighted by Crippen LogP contribution is -2.11. The predicted molar refractivity (Wildman–Crippen MR) is 114 cm³/mol. The van der Waals surface area contributed by atoms with Gasteiger partial charge in [-0.05, 0) is 47.9 Å². The summed E-state index contributed by atoms with van der Waals surface area (Å²) >= 11 is 0. The summed E-state index contributed by atoms with van der Waals surface area (Å²) in [6.45, 7) is -0.0829. The Bertz CT molecular complexity index is 1220. The largest absolute Gasteiger partial charge is 0.485 e. The van der Waals surface area contributed by atoms with E-state index in [0.29, 0.717) is 23.3 Å². The molecule has 0 aromatic heterocycles. The molecule has 5 nitrogen and oxygen atoms in total. The Kier molecular flexibility index (Phi) is 8.02. The number of benzene rings is 3. The highest BCUT2D eigenvalue weighted by Gasteiger charge is 2.16. The Morgan fingerprint density at radius 3 is 2.29 bits per heavy atom. The Hall–Kier alpha value is -4.14. The first kappa shape index (κ1) is 24.5. The van der Waals surface area contributed by atoms with E-state index in [1.54, 1.807) is 6.07 Å². The Labute approximate surface area is 191 Å². The lowest BCUT2D eigenvalue weighted by molar-refractivity contribution is -0.134. The highest BCUT2D eigenvalue weighted by atomic mass is 19.1. The lowest BCUT2D eigenvalue weighted by atomic mass is 10.1. The molecule has 0 spiro atoms. The van der Waals surface area contributed by atoms with E-state index in [4.69, 9.17) is 14.6 Å². The average molecular weight is 474 g/mol. The van der Waals surface area contributed by atoms with E-state index in [0.717, 1.165) is 6.08 Å². The van der Waals surface area contributed by atoms with E-state index >= 15 is 0 Å². The number of esters is 1. The van der Waals surface area contributed by atoms with Gasteiger partial charge in [0.15, 0.2) is 11.5 Å². The molecule has 3 aromatic rings. The molecule has 0 saturated heterocycles. The fourth-order valence-corrected chi connectivity index (χ4v) is 2.99. The Morgan fingerprint density at radius 2 is 1.62 bits per heavy atom. The zero-order chi connectivity index (χ0) is 24.7. The van der Waals surface area contributed by atoms with Crippen LogP contribution < -0.4 is 9.47 Å². The van der Waals surface area contributed by atoms with Crippen molar-refractivity contribution in [3.05, 3.63) is 101 Å². The lowest BCUT2D eigenvalue weighted by Gasteiger charge is -2.13. The molecule has 0 radical (unpaired) electrons. The van der Waals surface area contributed by atoms with Crippen LogP contribution in [0.4, 0.5) is 17.6 Å². The van der Waals surface area contributed by atoms with Gasteiger partial charge in [-0.1, -0.05) is 18.2 Å². The predicted octanol–water partition coefficient (Wildman–Crippen LogP) is 5.46. The molecular formula is C25H18F4O5. The van der Waals surface area contributed by atoms with Gasteiger partial charge in [-0.15, -0.1) is 0 Å². The van der Waals surface area contributed by atoms with Crippen LogP contribution in [0, 0.1) is 23.3 Å². The summed E-state index contributed by atoms with van der Waals surface area (Å²) in [5.74, 6) is -5.74. The minimum Gasteiger partial charge on any atom is -0.485 e. The summed E-state index contributed by atoms with van der Waals surface area (Å²) in [5, 5.41) is 8.81. The number of hydrogen-bond acceptors (Lipinski definition) is 4. The van der Waals surface area contributed by atoms with Gasteiger partial charge in [0.2, 0.25) is 0 Å². The van der Waals surface area contributed by atoms with Gasteiger partial charge >= 0.3 is 11.9 Å². The molecule has 3 aromatic carbocycles. The van der Waals surface area contributed by atoms with E-state index in [1.807, 2.05) is 0 Å². The van der Waals surface area contributed by atoms with Crippen molar-refractivity contribution in [1.82, 2.24) is 0 Å². The molecule has 34 heavy (non-hydrogen) atoms. The van der Waals surface area contributed by atoms with E-state index < -0.39 is 47.2 Å². The van der Waals surface area contributed by atoms with Gasteiger partial charge in [0, 0.05) is 23.8 Å². The van der Waals surface area contributed by atoms with E-state index in [2.05, 4.69) is 0 Å². The third kappa shape index (κ3) is 6.93. The number of carboxylic acid groups (broad SMARTS) is 1. The topological polar surface area (TPSA) is 72.8 Å². The first-order chi connectivity index (χ1) is 16.2. The average Bonchev–Trinajstić information content (AvgIpc) is 2.76. The number of carbonyl (C=O) groups excluding carboxylic acids is 1. The number of carbonyl (C=O) groups is 2. The monoisotopic (exact) mass is 474 g/mol. The van der Waals surface area contributed by atoms with Crippen LogP contribution in [0.25, 0.3) is 6.08 Å². The van der Waals surface area contributed by atoms with Gasteiger partial charge in [-0.2, -0.15) is 0 Å². The zero-order valence-corrected chi connectivity index (χ0v) is 17.6. The maximum atomic E-state index is 13.8. The summed E-state index contributed by atoms with van der Waals surface area (Å²) in [5.41, 5.74) is 0.466. The number of rotatable bonds is 9. The smallest absolute Gasteiger partial charge is 0.328 e. The highest BCUT2D eigenvalue weighted by Crippen LogP contribution is 2.30. The second-order valence-corrected chi connectivity index (χ2v) is 7.12. The number of ether oxygens (including phenoxy) is 2. The molecular weight excluding hydrogens is 456 g/mol. The first-order valence-electron chi connectivity index (χ1n) is 9.97. The minimum absolute atomic E-state index is 0.0334. The first-order valence-corrected chi connectivity index (χ1v) is 9.97. The van der Waals surface area contributed by atoms with Crippen LogP contribution in [0.3, 0.4) is 0 Å². The summed E-state index contributed by atoms with van der Waals surface area (Å²) in [6.07, 6.45) is 1.42. The number of halogens is 4. The molecule has 0 aliphatic rings. The second-order valence-electron chi connectivity index (χ2n) is 7.12. The quantitative estimate of drug-likeness (QED) is 0.193. The SMILES string of the molecule is O=C(O)/C=C/c1ccc(OC(=O)CCc2c(F)cc(F)cc2F)c(OCc2cccc(F)c2)c1. The fraction of sp³-hybridized carbons (Fsp3) is 0.120. The van der Waals surface area contributed by atoms with Crippen LogP contribution in [0.1, 0.15) is 23.1 Å². The van der Waals surface area contributed by atoms with Crippen molar-refractivity contribution in [2.45, 2.75) is 19.4 Å². The minimum atomic E-state index is -1.17. The van der Waals surface area contributed by atoms with Crippen LogP contribution in [0.5, 0.6) is 11.5 Å². The number of hydrogen-bond donors (Lipinski definition) is 1. The molecule has 3 rings (SSSR count). The van der Waals surface area contributed by atoms with Crippen molar-refractivity contribution in [2.75, 3.05) is 0 Å². The molecule has 176 valence electrons. The molecule has 0 bridgehead atoms. The van der Waals surface area contributed by atoms with E-state index in [1.165, 1.54) is 42.5 Å². The third-order valence-electron chi connectivity index (χ3n) is 4.58. The number of carboxylic acids is 1. The van der Waals surface area contributed by atoms with Crippen LogP contribution >= 0.6 is 0 Å². The molecule has 0 unspecified atom stereocenters. The van der Waals surface area contributed by atoms with Gasteiger partial charge in [0.1, 0.15) is 29.9 Å². The van der Waals surface area contributed by atoms with Gasteiger partial charge in [0.05, 0.1) is 6.42 Å². The molecule has 0 fully saturated rings. The Morgan fingerprint density at radius 1 is 0.882 bits per heavy atom. The third-order valence-corrected chi connectivity index (χ3v) is 4.58.